The molecule has 2 rings (SSSR count). The minimum atomic E-state index is -3.70. The fraction of sp³-hybridized carbons (Fsp3) is 0.0714. The highest BCUT2D eigenvalue weighted by Gasteiger charge is 2.12. The van der Waals surface area contributed by atoms with Crippen LogP contribution in [-0.4, -0.2) is 19.2 Å². The zero-order chi connectivity index (χ0) is 14.6. The van der Waals surface area contributed by atoms with Gasteiger partial charge in [0.15, 0.2) is 0 Å². The van der Waals surface area contributed by atoms with Crippen molar-refractivity contribution in [3.8, 4) is 5.75 Å². The van der Waals surface area contributed by atoms with E-state index in [4.69, 9.17) is 0 Å². The highest BCUT2D eigenvalue weighted by atomic mass is 32.2. The summed E-state index contributed by atoms with van der Waals surface area (Å²) in [7, 11) is -3.70. The average Bonchev–Trinajstić information content (AvgIpc) is 2.46. The van der Waals surface area contributed by atoms with Gasteiger partial charge < -0.3 is 5.11 Å². The molecule has 5 nitrogen and oxygen atoms in total. The molecule has 0 aromatic heterocycles. The molecular weight excluding hydrogens is 276 g/mol. The van der Waals surface area contributed by atoms with E-state index in [2.05, 4.69) is 9.93 Å². The number of nitrogens with one attached hydrogen (secondary N) is 1. The van der Waals surface area contributed by atoms with Gasteiger partial charge in [-0.3, -0.25) is 0 Å². The van der Waals surface area contributed by atoms with Crippen LogP contribution in [0.4, 0.5) is 0 Å². The Morgan fingerprint density at radius 1 is 1.05 bits per heavy atom. The van der Waals surface area contributed by atoms with Crippen molar-refractivity contribution in [1.29, 1.82) is 0 Å². The van der Waals surface area contributed by atoms with Gasteiger partial charge in [0.05, 0.1) is 10.6 Å². The summed E-state index contributed by atoms with van der Waals surface area (Å²) >= 11 is 0. The van der Waals surface area contributed by atoms with E-state index < -0.39 is 10.0 Å². The van der Waals surface area contributed by atoms with Gasteiger partial charge in [-0.2, -0.15) is 18.4 Å². The first-order chi connectivity index (χ1) is 9.50. The maximum absolute atomic E-state index is 12.0. The van der Waals surface area contributed by atoms with Crippen LogP contribution in [0.5, 0.6) is 5.75 Å². The molecule has 6 heteroatoms. The van der Waals surface area contributed by atoms with E-state index in [9.17, 15) is 13.5 Å². The Hall–Kier alpha value is -2.34. The largest absolute Gasteiger partial charge is 0.507 e. The van der Waals surface area contributed by atoms with Gasteiger partial charge in [0, 0.05) is 5.56 Å². The number of aromatic hydroxyl groups is 1. The van der Waals surface area contributed by atoms with Gasteiger partial charge in [0.2, 0.25) is 0 Å². The highest BCUT2D eigenvalue weighted by molar-refractivity contribution is 7.89. The van der Waals surface area contributed by atoms with E-state index >= 15 is 0 Å². The van der Waals surface area contributed by atoms with Crippen LogP contribution >= 0.6 is 0 Å². The third-order valence-electron chi connectivity index (χ3n) is 2.68. The molecule has 0 spiro atoms. The topological polar surface area (TPSA) is 78.8 Å². The molecule has 0 bridgehead atoms. The fourth-order valence-corrected chi connectivity index (χ4v) is 2.50. The van der Waals surface area contributed by atoms with Crippen LogP contribution in [0.2, 0.25) is 0 Å². The van der Waals surface area contributed by atoms with Gasteiger partial charge in [-0.15, -0.1) is 0 Å². The first-order valence-corrected chi connectivity index (χ1v) is 7.38. The van der Waals surface area contributed by atoms with Crippen molar-refractivity contribution in [2.75, 3.05) is 0 Å². The molecule has 0 unspecified atom stereocenters. The van der Waals surface area contributed by atoms with Crippen LogP contribution in [0.25, 0.3) is 0 Å². The number of hydrazone groups is 1. The zero-order valence-electron chi connectivity index (χ0n) is 10.8. The molecule has 0 saturated heterocycles. The molecule has 0 aliphatic heterocycles. The van der Waals surface area contributed by atoms with Gasteiger partial charge in [0.1, 0.15) is 5.75 Å². The van der Waals surface area contributed by atoms with Crippen molar-refractivity contribution >= 4 is 15.7 Å². The van der Waals surface area contributed by atoms with E-state index in [1.54, 1.807) is 43.3 Å². The Kier molecular flexibility index (Phi) is 4.05. The summed E-state index contributed by atoms with van der Waals surface area (Å²) in [6.45, 7) is 1.61. The van der Waals surface area contributed by atoms with Gasteiger partial charge in [-0.05, 0) is 31.2 Å². The van der Waals surface area contributed by atoms with E-state index in [0.717, 1.165) is 0 Å². The number of rotatable bonds is 4. The van der Waals surface area contributed by atoms with Crippen LogP contribution in [0.3, 0.4) is 0 Å². The lowest BCUT2D eigenvalue weighted by molar-refractivity contribution is 0.474. The van der Waals surface area contributed by atoms with Crippen molar-refractivity contribution in [1.82, 2.24) is 4.83 Å². The summed E-state index contributed by atoms with van der Waals surface area (Å²) in [5.41, 5.74) is 0.853. The van der Waals surface area contributed by atoms with Crippen molar-refractivity contribution in [3.63, 3.8) is 0 Å². The molecule has 0 aliphatic rings. The number of sulfonamides is 1. The first-order valence-electron chi connectivity index (χ1n) is 5.90. The van der Waals surface area contributed by atoms with Crippen LogP contribution in [0.1, 0.15) is 12.5 Å². The first kappa shape index (κ1) is 14.1. The normalized spacial score (nSPS) is 12.2. The number of phenols is 1. The predicted octanol–water partition coefficient (Wildman–Crippen LogP) is 2.09. The Bertz CT molecular complexity index is 725. The third-order valence-corrected chi connectivity index (χ3v) is 3.91. The van der Waals surface area contributed by atoms with Crippen molar-refractivity contribution in [2.45, 2.75) is 11.8 Å². The maximum Gasteiger partial charge on any atom is 0.276 e. The monoisotopic (exact) mass is 290 g/mol. The van der Waals surface area contributed by atoms with Crippen LogP contribution in [0.15, 0.2) is 64.6 Å². The van der Waals surface area contributed by atoms with Crippen molar-refractivity contribution < 1.29 is 13.5 Å². The van der Waals surface area contributed by atoms with Crippen LogP contribution < -0.4 is 4.83 Å². The van der Waals surface area contributed by atoms with Gasteiger partial charge in [-0.1, -0.05) is 30.3 Å². The zero-order valence-corrected chi connectivity index (χ0v) is 11.6. The minimum absolute atomic E-state index is 0.0488. The standard InChI is InChI=1S/C14H14N2O3S/c1-11(13-9-5-6-10-14(13)17)15-16-20(18,19)12-7-3-2-4-8-12/h2-10,16-17H,1H3. The predicted molar refractivity (Wildman–Crippen MR) is 77.1 cm³/mol. The molecule has 2 N–H and O–H groups in total. The lowest BCUT2D eigenvalue weighted by Crippen LogP contribution is -2.19. The van der Waals surface area contributed by atoms with Gasteiger partial charge >= 0.3 is 0 Å². The van der Waals surface area contributed by atoms with Crippen molar-refractivity contribution in [3.05, 3.63) is 60.2 Å². The summed E-state index contributed by atoms with van der Waals surface area (Å²) in [4.78, 5) is 2.28. The van der Waals surface area contributed by atoms with E-state index in [0.29, 0.717) is 11.3 Å². The molecule has 0 aliphatic carbocycles. The van der Waals surface area contributed by atoms with Crippen LogP contribution in [0, 0.1) is 0 Å². The second kappa shape index (κ2) is 5.75. The van der Waals surface area contributed by atoms with E-state index in [1.165, 1.54) is 18.2 Å². The lowest BCUT2D eigenvalue weighted by atomic mass is 10.1. The fourth-order valence-electron chi connectivity index (χ4n) is 1.62. The molecule has 2 aromatic carbocycles. The maximum atomic E-state index is 12.0. The number of nitrogens with zero attached hydrogens (tertiary/aromatic N) is 1. The highest BCUT2D eigenvalue weighted by Crippen LogP contribution is 2.16. The Balaban J connectivity index is 2.23. The van der Waals surface area contributed by atoms with Gasteiger partial charge in [-0.25, -0.2) is 0 Å². The number of benzene rings is 2. The summed E-state index contributed by atoms with van der Waals surface area (Å²) in [6.07, 6.45) is 0. The summed E-state index contributed by atoms with van der Waals surface area (Å²) < 4.78 is 23.9. The lowest BCUT2D eigenvalue weighted by Gasteiger charge is -2.06. The van der Waals surface area contributed by atoms with Crippen molar-refractivity contribution in [2.24, 2.45) is 5.10 Å². The molecule has 0 fully saturated rings. The molecule has 0 amide bonds. The number of hydrogen-bond acceptors (Lipinski definition) is 4. The molecule has 20 heavy (non-hydrogen) atoms. The number of phenolic OH excluding ortho intramolecular Hbond substituents is 1. The Morgan fingerprint density at radius 2 is 1.65 bits per heavy atom. The molecule has 2 aromatic rings. The second-order valence-corrected chi connectivity index (χ2v) is 5.78. The molecule has 0 atom stereocenters. The smallest absolute Gasteiger partial charge is 0.276 e. The molecule has 0 heterocycles. The van der Waals surface area contributed by atoms with E-state index in [-0.39, 0.29) is 10.6 Å². The minimum Gasteiger partial charge on any atom is -0.507 e. The molecular formula is C14H14N2O3S. The molecule has 104 valence electrons. The number of hydrogen-bond donors (Lipinski definition) is 2. The summed E-state index contributed by atoms with van der Waals surface area (Å²) in [6, 6.07) is 14.5. The SMILES string of the molecule is CC(=NNS(=O)(=O)c1ccccc1)c1ccccc1O. The Labute approximate surface area is 117 Å². The molecule has 0 saturated carbocycles. The van der Waals surface area contributed by atoms with E-state index in [1.807, 2.05) is 0 Å². The quantitative estimate of drug-likeness (QED) is 0.668. The average molecular weight is 290 g/mol. The Morgan fingerprint density at radius 3 is 2.30 bits per heavy atom. The van der Waals surface area contributed by atoms with Crippen LogP contribution in [-0.2, 0) is 10.0 Å². The summed E-state index contributed by atoms with van der Waals surface area (Å²) in [5.74, 6) is 0.0488. The number of para-hydroxylation sites is 1. The molecule has 0 radical (unpaired) electrons. The van der Waals surface area contributed by atoms with Gasteiger partial charge in [0.25, 0.3) is 10.0 Å². The third kappa shape index (κ3) is 3.16. The summed E-state index contributed by atoms with van der Waals surface area (Å²) in [5, 5.41) is 13.5. The second-order valence-electron chi connectivity index (χ2n) is 4.12.